The highest BCUT2D eigenvalue weighted by Gasteiger charge is 2.28. The minimum atomic E-state index is -0.853. The lowest BCUT2D eigenvalue weighted by Crippen LogP contribution is -2.45. The number of pyridine rings is 1. The smallest absolute Gasteiger partial charge is 0.328 e. The molecular weight excluding hydrogens is 362 g/mol. The van der Waals surface area contributed by atoms with Crippen molar-refractivity contribution in [3.05, 3.63) is 25.9 Å². The Balaban J connectivity index is 3.12. The highest BCUT2D eigenvalue weighted by molar-refractivity contribution is 6.52. The Hall–Kier alpha value is -0.750. The molecule has 9 heteroatoms. The van der Waals surface area contributed by atoms with Crippen LogP contribution in [0.2, 0.25) is 20.2 Å². The molecule has 0 aromatic carbocycles. The molecule has 5 nitrogen and oxygen atoms in total. The number of halogens is 4. The van der Waals surface area contributed by atoms with E-state index in [0.717, 1.165) is 0 Å². The first-order chi connectivity index (χ1) is 9.70. The maximum atomic E-state index is 12.2. The molecule has 0 saturated heterocycles. The van der Waals surface area contributed by atoms with E-state index in [-0.39, 0.29) is 31.8 Å². The predicted molar refractivity (Wildman–Crippen MR) is 82.4 cm³/mol. The molecule has 0 spiro atoms. The van der Waals surface area contributed by atoms with E-state index in [1.54, 1.807) is 13.8 Å². The van der Waals surface area contributed by atoms with Gasteiger partial charge in [0.2, 0.25) is 0 Å². The van der Waals surface area contributed by atoms with Gasteiger partial charge in [0.05, 0.1) is 22.2 Å². The number of carbonyl (C=O) groups is 2. The molecule has 1 aromatic rings. The van der Waals surface area contributed by atoms with Gasteiger partial charge in [-0.25, -0.2) is 9.78 Å². The van der Waals surface area contributed by atoms with Crippen molar-refractivity contribution in [1.29, 1.82) is 0 Å². The molecule has 0 aliphatic rings. The maximum Gasteiger partial charge on any atom is 0.328 e. The van der Waals surface area contributed by atoms with E-state index in [9.17, 15) is 9.59 Å². The number of hydrogen-bond acceptors (Lipinski definition) is 4. The Kier molecular flexibility index (Phi) is 6.53. The van der Waals surface area contributed by atoms with Gasteiger partial charge in [0, 0.05) is 0 Å². The number of carbonyl (C=O) groups excluding carboxylic acids is 2. The van der Waals surface area contributed by atoms with Gasteiger partial charge < -0.3 is 10.1 Å². The number of esters is 1. The number of hydrogen-bond donors (Lipinski definition) is 1. The zero-order valence-electron chi connectivity index (χ0n) is 11.3. The molecule has 1 N–H and O–H groups in total. The molecular formula is C12H12Cl4N2O3. The number of rotatable bonds is 4. The van der Waals surface area contributed by atoms with Gasteiger partial charge in [-0.2, -0.15) is 0 Å². The maximum absolute atomic E-state index is 12.2. The summed E-state index contributed by atoms with van der Waals surface area (Å²) in [5.74, 6) is -1.48. The van der Waals surface area contributed by atoms with Crippen molar-refractivity contribution in [3.8, 4) is 0 Å². The van der Waals surface area contributed by atoms with Crippen molar-refractivity contribution >= 4 is 58.3 Å². The fraction of sp³-hybridized carbons (Fsp3) is 0.417. The molecule has 116 valence electrons. The molecule has 0 aliphatic heterocycles. The molecule has 1 heterocycles. The number of nitrogens with one attached hydrogen (secondary N) is 1. The number of nitrogens with zero attached hydrogens (tertiary/aromatic N) is 1. The Morgan fingerprint density at radius 3 is 2.14 bits per heavy atom. The second-order valence-electron chi connectivity index (χ2n) is 4.41. The van der Waals surface area contributed by atoms with Gasteiger partial charge in [0.15, 0.2) is 0 Å². The van der Waals surface area contributed by atoms with Crippen LogP contribution in [0.4, 0.5) is 0 Å². The van der Waals surface area contributed by atoms with Crippen LogP contribution in [0.25, 0.3) is 0 Å². The average molecular weight is 374 g/mol. The molecule has 0 fully saturated rings. The number of ether oxygens (including phenoxy) is 1. The molecule has 1 amide bonds. The number of methoxy groups -OCH3 is 1. The third-order valence-corrected chi connectivity index (χ3v) is 4.29. The van der Waals surface area contributed by atoms with Gasteiger partial charge >= 0.3 is 5.97 Å². The number of aromatic nitrogens is 1. The van der Waals surface area contributed by atoms with Gasteiger partial charge in [-0.1, -0.05) is 60.3 Å². The van der Waals surface area contributed by atoms with Crippen LogP contribution in [0.15, 0.2) is 0 Å². The van der Waals surface area contributed by atoms with E-state index in [1.165, 1.54) is 7.11 Å². The van der Waals surface area contributed by atoms with Gasteiger partial charge in [0.1, 0.15) is 16.9 Å². The van der Waals surface area contributed by atoms with Gasteiger partial charge in [-0.05, 0) is 5.92 Å². The normalized spacial score (nSPS) is 12.2. The molecule has 21 heavy (non-hydrogen) atoms. The van der Waals surface area contributed by atoms with Crippen LogP contribution >= 0.6 is 46.4 Å². The van der Waals surface area contributed by atoms with Crippen LogP contribution in [0, 0.1) is 5.92 Å². The zero-order valence-corrected chi connectivity index (χ0v) is 14.4. The summed E-state index contributed by atoms with van der Waals surface area (Å²) in [5.41, 5.74) is -0.217. The summed E-state index contributed by atoms with van der Waals surface area (Å²) in [5, 5.41) is 2.05. The van der Waals surface area contributed by atoms with E-state index < -0.39 is 17.9 Å². The summed E-state index contributed by atoms with van der Waals surface area (Å²) < 4.78 is 4.63. The quantitative estimate of drug-likeness (QED) is 0.646. The summed E-state index contributed by atoms with van der Waals surface area (Å²) in [6.45, 7) is 3.50. The first-order valence-corrected chi connectivity index (χ1v) is 7.30. The van der Waals surface area contributed by atoms with Crippen LogP contribution in [0.3, 0.4) is 0 Å². The van der Waals surface area contributed by atoms with Crippen LogP contribution in [-0.4, -0.2) is 30.0 Å². The summed E-state index contributed by atoms with van der Waals surface area (Å²) in [4.78, 5) is 27.6. The fourth-order valence-corrected chi connectivity index (χ4v) is 2.29. The third kappa shape index (κ3) is 4.13. The fourth-order valence-electron chi connectivity index (χ4n) is 1.47. The predicted octanol–water partition coefficient (Wildman–Crippen LogP) is 3.62. The summed E-state index contributed by atoms with van der Waals surface area (Å²) in [6.07, 6.45) is 0. The first kappa shape index (κ1) is 18.3. The van der Waals surface area contributed by atoms with Crippen LogP contribution in [0.5, 0.6) is 0 Å². The van der Waals surface area contributed by atoms with Crippen molar-refractivity contribution in [2.24, 2.45) is 5.92 Å². The molecule has 0 saturated carbocycles. The first-order valence-electron chi connectivity index (χ1n) is 5.79. The van der Waals surface area contributed by atoms with Crippen LogP contribution in [0.1, 0.15) is 24.3 Å². The molecule has 0 aliphatic carbocycles. The largest absolute Gasteiger partial charge is 0.467 e. The Bertz CT molecular complexity index is 578. The molecule has 0 bridgehead atoms. The van der Waals surface area contributed by atoms with Gasteiger partial charge in [0.25, 0.3) is 5.91 Å². The molecule has 1 rings (SSSR count). The standard InChI is InChI=1S/C12H12Cl4N2O3/c1-4(2)8(12(20)21-3)18-11(19)9-6(14)5(13)7(15)10(16)17-9/h4,8H,1-3H3,(H,18,19). The molecule has 1 unspecified atom stereocenters. The average Bonchev–Trinajstić information content (AvgIpc) is 2.44. The topological polar surface area (TPSA) is 68.3 Å². The minimum absolute atomic E-state index is 0.0479. The van der Waals surface area contributed by atoms with Crippen LogP contribution in [-0.2, 0) is 9.53 Å². The second-order valence-corrected chi connectivity index (χ2v) is 5.90. The van der Waals surface area contributed by atoms with E-state index in [4.69, 9.17) is 46.4 Å². The molecule has 1 atom stereocenters. The molecule has 0 radical (unpaired) electrons. The highest BCUT2D eigenvalue weighted by atomic mass is 35.5. The van der Waals surface area contributed by atoms with E-state index in [2.05, 4.69) is 15.0 Å². The van der Waals surface area contributed by atoms with E-state index in [1.807, 2.05) is 0 Å². The van der Waals surface area contributed by atoms with Crippen molar-refractivity contribution in [2.45, 2.75) is 19.9 Å². The Labute approximate surface area is 141 Å². The van der Waals surface area contributed by atoms with Crippen molar-refractivity contribution < 1.29 is 14.3 Å². The zero-order chi connectivity index (χ0) is 16.3. The third-order valence-electron chi connectivity index (χ3n) is 2.61. The summed E-state index contributed by atoms with van der Waals surface area (Å²) in [6, 6.07) is -0.853. The lowest BCUT2D eigenvalue weighted by Gasteiger charge is -2.20. The van der Waals surface area contributed by atoms with Crippen molar-refractivity contribution in [2.75, 3.05) is 7.11 Å². The second kappa shape index (κ2) is 7.49. The van der Waals surface area contributed by atoms with Gasteiger partial charge in [-0.15, -0.1) is 0 Å². The van der Waals surface area contributed by atoms with Gasteiger partial charge in [-0.3, -0.25) is 4.79 Å². The Morgan fingerprint density at radius 2 is 1.67 bits per heavy atom. The summed E-state index contributed by atoms with van der Waals surface area (Å²) >= 11 is 23.3. The molecule has 1 aromatic heterocycles. The lowest BCUT2D eigenvalue weighted by atomic mass is 10.0. The monoisotopic (exact) mass is 372 g/mol. The van der Waals surface area contributed by atoms with E-state index in [0.29, 0.717) is 0 Å². The van der Waals surface area contributed by atoms with Crippen LogP contribution < -0.4 is 5.32 Å². The SMILES string of the molecule is COC(=O)C(NC(=O)c1nc(Cl)c(Cl)c(Cl)c1Cl)C(C)C. The Morgan fingerprint density at radius 1 is 1.10 bits per heavy atom. The lowest BCUT2D eigenvalue weighted by molar-refractivity contribution is -0.144. The number of amides is 1. The van der Waals surface area contributed by atoms with Crippen molar-refractivity contribution in [3.63, 3.8) is 0 Å². The summed E-state index contributed by atoms with van der Waals surface area (Å²) in [7, 11) is 1.23. The highest BCUT2D eigenvalue weighted by Crippen LogP contribution is 2.36. The minimum Gasteiger partial charge on any atom is -0.467 e. The van der Waals surface area contributed by atoms with Crippen molar-refractivity contribution in [1.82, 2.24) is 10.3 Å². The van der Waals surface area contributed by atoms with E-state index >= 15 is 0 Å².